The predicted octanol–water partition coefficient (Wildman–Crippen LogP) is 2.02. The Morgan fingerprint density at radius 3 is 2.76 bits per heavy atom. The smallest absolute Gasteiger partial charge is 0.307 e. The van der Waals surface area contributed by atoms with Crippen molar-refractivity contribution in [1.82, 2.24) is 10.5 Å². The third kappa shape index (κ3) is 4.17. The van der Waals surface area contributed by atoms with Crippen molar-refractivity contribution in [2.75, 3.05) is 13.2 Å². The van der Waals surface area contributed by atoms with Gasteiger partial charge in [-0.25, -0.2) is 0 Å². The second-order valence-corrected chi connectivity index (χ2v) is 4.25. The highest BCUT2D eigenvalue weighted by Gasteiger charge is 2.13. The van der Waals surface area contributed by atoms with Crippen LogP contribution in [-0.2, 0) is 9.53 Å². The molecule has 0 bridgehead atoms. The molecule has 0 aliphatic carbocycles. The number of hydrogen-bond acceptors (Lipinski definition) is 5. The standard InChI is InChI=1S/C15H16N2O4/c1-2-20-14(18)8-9-16-15(19)12-10-13(21-17-12)11-6-4-3-5-7-11/h3-7,10H,2,8-9H2,1H3,(H,16,19). The number of nitrogens with zero attached hydrogens (tertiary/aromatic N) is 1. The van der Waals surface area contributed by atoms with Gasteiger partial charge in [0.1, 0.15) is 0 Å². The maximum absolute atomic E-state index is 11.8. The highest BCUT2D eigenvalue weighted by Crippen LogP contribution is 2.19. The molecule has 110 valence electrons. The van der Waals surface area contributed by atoms with Gasteiger partial charge in [-0.3, -0.25) is 9.59 Å². The Hall–Kier alpha value is -2.63. The van der Waals surface area contributed by atoms with E-state index in [0.717, 1.165) is 5.56 Å². The van der Waals surface area contributed by atoms with Crippen LogP contribution in [0, 0.1) is 0 Å². The fourth-order valence-corrected chi connectivity index (χ4v) is 1.72. The largest absolute Gasteiger partial charge is 0.466 e. The molecule has 2 aromatic rings. The Morgan fingerprint density at radius 1 is 1.29 bits per heavy atom. The van der Waals surface area contributed by atoms with Gasteiger partial charge in [0.2, 0.25) is 0 Å². The van der Waals surface area contributed by atoms with E-state index >= 15 is 0 Å². The van der Waals surface area contributed by atoms with Crippen LogP contribution in [0.5, 0.6) is 0 Å². The summed E-state index contributed by atoms with van der Waals surface area (Å²) in [7, 11) is 0. The van der Waals surface area contributed by atoms with Crippen LogP contribution < -0.4 is 5.32 Å². The molecule has 0 radical (unpaired) electrons. The van der Waals surface area contributed by atoms with Crippen LogP contribution in [0.15, 0.2) is 40.9 Å². The van der Waals surface area contributed by atoms with Gasteiger partial charge in [0.15, 0.2) is 11.5 Å². The number of esters is 1. The van der Waals surface area contributed by atoms with Crippen LogP contribution in [0.3, 0.4) is 0 Å². The van der Waals surface area contributed by atoms with Gasteiger partial charge in [-0.1, -0.05) is 35.5 Å². The number of carbonyl (C=O) groups excluding carboxylic acids is 2. The molecule has 6 nitrogen and oxygen atoms in total. The van der Waals surface area contributed by atoms with Gasteiger partial charge in [0.25, 0.3) is 5.91 Å². The first-order valence-electron chi connectivity index (χ1n) is 6.66. The van der Waals surface area contributed by atoms with Crippen LogP contribution in [0.4, 0.5) is 0 Å². The predicted molar refractivity (Wildman–Crippen MR) is 75.5 cm³/mol. The molecule has 0 spiro atoms. The lowest BCUT2D eigenvalue weighted by atomic mass is 10.1. The Balaban J connectivity index is 1.89. The molecule has 6 heteroatoms. The van der Waals surface area contributed by atoms with Gasteiger partial charge >= 0.3 is 5.97 Å². The summed E-state index contributed by atoms with van der Waals surface area (Å²) >= 11 is 0. The van der Waals surface area contributed by atoms with E-state index in [1.54, 1.807) is 13.0 Å². The molecule has 0 saturated carbocycles. The highest BCUT2D eigenvalue weighted by molar-refractivity contribution is 5.93. The second-order valence-electron chi connectivity index (χ2n) is 4.25. The minimum atomic E-state index is -0.384. The molecule has 0 atom stereocenters. The summed E-state index contributed by atoms with van der Waals surface area (Å²) in [4.78, 5) is 23.0. The van der Waals surface area contributed by atoms with Gasteiger partial charge in [0.05, 0.1) is 13.0 Å². The second kappa shape index (κ2) is 7.23. The van der Waals surface area contributed by atoms with Crippen molar-refractivity contribution in [2.24, 2.45) is 0 Å². The fraction of sp³-hybridized carbons (Fsp3) is 0.267. The monoisotopic (exact) mass is 288 g/mol. The number of rotatable bonds is 6. The summed E-state index contributed by atoms with van der Waals surface area (Å²) in [6.07, 6.45) is 0.128. The first-order valence-corrected chi connectivity index (χ1v) is 6.66. The zero-order valence-electron chi connectivity index (χ0n) is 11.7. The maximum Gasteiger partial charge on any atom is 0.307 e. The normalized spacial score (nSPS) is 10.1. The Kier molecular flexibility index (Phi) is 5.09. The average Bonchev–Trinajstić information content (AvgIpc) is 2.98. The third-order valence-electron chi connectivity index (χ3n) is 2.72. The number of nitrogens with one attached hydrogen (secondary N) is 1. The Morgan fingerprint density at radius 2 is 2.05 bits per heavy atom. The van der Waals surface area contributed by atoms with Crippen molar-refractivity contribution < 1.29 is 18.8 Å². The van der Waals surface area contributed by atoms with Crippen molar-refractivity contribution in [3.8, 4) is 11.3 Å². The zero-order valence-corrected chi connectivity index (χ0v) is 11.7. The minimum absolute atomic E-state index is 0.128. The van der Waals surface area contributed by atoms with Crippen molar-refractivity contribution >= 4 is 11.9 Å². The summed E-state index contributed by atoms with van der Waals surface area (Å²) in [6.45, 7) is 2.26. The summed E-state index contributed by atoms with van der Waals surface area (Å²) in [5, 5.41) is 6.31. The number of hydrogen-bond donors (Lipinski definition) is 1. The Bertz CT molecular complexity index is 607. The van der Waals surface area contributed by atoms with Crippen LogP contribution >= 0.6 is 0 Å². The lowest BCUT2D eigenvalue weighted by molar-refractivity contribution is -0.142. The molecule has 0 fully saturated rings. The van der Waals surface area contributed by atoms with Crippen molar-refractivity contribution in [3.63, 3.8) is 0 Å². The van der Waals surface area contributed by atoms with Gasteiger partial charge in [-0.15, -0.1) is 0 Å². The topological polar surface area (TPSA) is 81.4 Å². The molecule has 0 unspecified atom stereocenters. The first kappa shape index (κ1) is 14.8. The summed E-state index contributed by atoms with van der Waals surface area (Å²) < 4.78 is 9.90. The van der Waals surface area contributed by atoms with E-state index in [1.165, 1.54) is 0 Å². The lowest BCUT2D eigenvalue weighted by Gasteiger charge is -2.02. The van der Waals surface area contributed by atoms with Gasteiger partial charge < -0.3 is 14.6 Å². The lowest BCUT2D eigenvalue weighted by Crippen LogP contribution is -2.26. The van der Waals surface area contributed by atoms with E-state index in [9.17, 15) is 9.59 Å². The van der Waals surface area contributed by atoms with Crippen molar-refractivity contribution in [3.05, 3.63) is 42.1 Å². The zero-order chi connectivity index (χ0) is 15.1. The van der Waals surface area contributed by atoms with Crippen LogP contribution in [-0.4, -0.2) is 30.2 Å². The van der Waals surface area contributed by atoms with Crippen LogP contribution in [0.25, 0.3) is 11.3 Å². The summed E-state index contributed by atoms with van der Waals surface area (Å²) in [6, 6.07) is 10.9. The molecule has 1 aromatic heterocycles. The molecule has 1 aromatic carbocycles. The van der Waals surface area contributed by atoms with E-state index in [4.69, 9.17) is 9.26 Å². The molecule has 21 heavy (non-hydrogen) atoms. The Labute approximate surface area is 122 Å². The summed E-state index contributed by atoms with van der Waals surface area (Å²) in [5.74, 6) is -0.209. The van der Waals surface area contributed by atoms with Gasteiger partial charge in [0, 0.05) is 18.2 Å². The van der Waals surface area contributed by atoms with E-state index < -0.39 is 0 Å². The molecule has 0 aliphatic rings. The molecule has 1 heterocycles. The van der Waals surface area contributed by atoms with Crippen LogP contribution in [0.1, 0.15) is 23.8 Å². The molecular weight excluding hydrogens is 272 g/mol. The van der Waals surface area contributed by atoms with E-state index in [0.29, 0.717) is 12.4 Å². The number of ether oxygens (including phenoxy) is 1. The quantitative estimate of drug-likeness (QED) is 0.822. The fourth-order valence-electron chi connectivity index (χ4n) is 1.72. The number of carbonyl (C=O) groups is 2. The first-order chi connectivity index (χ1) is 10.2. The molecule has 1 N–H and O–H groups in total. The van der Waals surface area contributed by atoms with Gasteiger partial charge in [-0.05, 0) is 6.92 Å². The molecular formula is C15H16N2O4. The van der Waals surface area contributed by atoms with E-state index in [-0.39, 0.29) is 30.5 Å². The highest BCUT2D eigenvalue weighted by atomic mass is 16.5. The van der Waals surface area contributed by atoms with E-state index in [2.05, 4.69) is 10.5 Å². The number of aromatic nitrogens is 1. The number of amides is 1. The third-order valence-corrected chi connectivity index (χ3v) is 2.72. The van der Waals surface area contributed by atoms with Gasteiger partial charge in [-0.2, -0.15) is 0 Å². The SMILES string of the molecule is CCOC(=O)CCNC(=O)c1cc(-c2ccccc2)on1. The molecule has 1 amide bonds. The average molecular weight is 288 g/mol. The van der Waals surface area contributed by atoms with E-state index in [1.807, 2.05) is 30.3 Å². The molecule has 0 saturated heterocycles. The summed E-state index contributed by atoms with van der Waals surface area (Å²) in [5.41, 5.74) is 1.02. The minimum Gasteiger partial charge on any atom is -0.466 e. The molecule has 0 aliphatic heterocycles. The van der Waals surface area contributed by atoms with Crippen molar-refractivity contribution in [2.45, 2.75) is 13.3 Å². The molecule has 2 rings (SSSR count). The van der Waals surface area contributed by atoms with Crippen molar-refractivity contribution in [1.29, 1.82) is 0 Å². The number of benzene rings is 1. The maximum atomic E-state index is 11.8. The van der Waals surface area contributed by atoms with Crippen LogP contribution in [0.2, 0.25) is 0 Å².